The van der Waals surface area contributed by atoms with E-state index in [-0.39, 0.29) is 19.2 Å². The number of amides is 1. The number of nitrogens with zero attached hydrogens (tertiary/aromatic N) is 1. The Morgan fingerprint density at radius 1 is 1.15 bits per heavy atom. The molecule has 0 spiro atoms. The maximum Gasteiger partial charge on any atom is 0.261 e. The highest BCUT2D eigenvalue weighted by molar-refractivity contribution is 5.80. The summed E-state index contributed by atoms with van der Waals surface area (Å²) in [6.07, 6.45) is -0.618. The number of para-hydroxylation sites is 1. The molecule has 0 aliphatic carbocycles. The molecular formula is C20H18N2O5. The van der Waals surface area contributed by atoms with Gasteiger partial charge in [-0.1, -0.05) is 23.4 Å². The minimum absolute atomic E-state index is 0.218. The Morgan fingerprint density at radius 2 is 1.96 bits per heavy atom. The Hall–Kier alpha value is -3.48. The van der Waals surface area contributed by atoms with E-state index in [9.17, 15) is 4.79 Å². The summed E-state index contributed by atoms with van der Waals surface area (Å²) in [4.78, 5) is 12.2. The highest BCUT2D eigenvalue weighted by Crippen LogP contribution is 2.35. The second-order valence-electron chi connectivity index (χ2n) is 6.04. The van der Waals surface area contributed by atoms with Gasteiger partial charge in [0.15, 0.2) is 23.4 Å². The number of benzene rings is 2. The Kier molecular flexibility index (Phi) is 4.65. The largest absolute Gasteiger partial charge is 0.481 e. The molecule has 27 heavy (non-hydrogen) atoms. The van der Waals surface area contributed by atoms with Crippen LogP contribution in [0.2, 0.25) is 0 Å². The van der Waals surface area contributed by atoms with Gasteiger partial charge < -0.3 is 24.1 Å². The fraction of sp³-hybridized carbons (Fsp3) is 0.200. The molecule has 1 aliphatic heterocycles. The lowest BCUT2D eigenvalue weighted by molar-refractivity contribution is -0.127. The van der Waals surface area contributed by atoms with Crippen LogP contribution in [-0.2, 0) is 11.3 Å². The van der Waals surface area contributed by atoms with E-state index in [1.54, 1.807) is 25.1 Å². The molecule has 0 saturated heterocycles. The average Bonchev–Trinajstić information content (AvgIpc) is 3.35. The number of aromatic nitrogens is 1. The first-order valence-corrected chi connectivity index (χ1v) is 8.54. The predicted molar refractivity (Wildman–Crippen MR) is 96.4 cm³/mol. The monoisotopic (exact) mass is 366 g/mol. The van der Waals surface area contributed by atoms with E-state index in [4.69, 9.17) is 18.7 Å². The fourth-order valence-electron chi connectivity index (χ4n) is 2.66. The van der Waals surface area contributed by atoms with Crippen LogP contribution in [0.25, 0.3) is 11.3 Å². The van der Waals surface area contributed by atoms with Crippen molar-refractivity contribution in [2.75, 3.05) is 6.79 Å². The summed E-state index contributed by atoms with van der Waals surface area (Å²) in [5.74, 6) is 2.38. The average molecular weight is 366 g/mol. The van der Waals surface area contributed by atoms with E-state index in [1.807, 2.05) is 36.4 Å². The van der Waals surface area contributed by atoms with Crippen LogP contribution in [0.4, 0.5) is 0 Å². The number of rotatable bonds is 6. The molecule has 1 aromatic heterocycles. The maximum atomic E-state index is 12.2. The van der Waals surface area contributed by atoms with Crippen molar-refractivity contribution >= 4 is 5.91 Å². The second kappa shape index (κ2) is 7.41. The Bertz CT molecular complexity index is 939. The molecule has 7 heteroatoms. The number of fused-ring (bicyclic) bond motifs is 1. The normalized spacial score (nSPS) is 13.2. The molecular weight excluding hydrogens is 348 g/mol. The molecule has 2 aromatic carbocycles. The molecule has 0 bridgehead atoms. The molecule has 1 N–H and O–H groups in total. The summed E-state index contributed by atoms with van der Waals surface area (Å²) in [6.45, 7) is 2.16. The zero-order chi connectivity index (χ0) is 18.6. The third kappa shape index (κ3) is 3.87. The standard InChI is InChI=1S/C20H18N2O5/c1-13(26-16-5-3-2-4-6-16)20(23)21-11-15-10-18(27-22-15)14-7-8-17-19(9-14)25-12-24-17/h2-10,13H,11-12H2,1H3,(H,21,23)/t13-/m1/s1. The van der Waals surface area contributed by atoms with E-state index in [0.29, 0.717) is 28.7 Å². The fourth-order valence-corrected chi connectivity index (χ4v) is 2.66. The molecule has 1 amide bonds. The second-order valence-corrected chi connectivity index (χ2v) is 6.04. The predicted octanol–water partition coefficient (Wildman–Crippen LogP) is 3.15. The van der Waals surface area contributed by atoms with Gasteiger partial charge >= 0.3 is 0 Å². The van der Waals surface area contributed by atoms with Gasteiger partial charge in [-0.05, 0) is 37.3 Å². The summed E-state index contributed by atoms with van der Waals surface area (Å²) in [5.41, 5.74) is 1.44. The lowest BCUT2D eigenvalue weighted by Gasteiger charge is -2.13. The van der Waals surface area contributed by atoms with Crippen LogP contribution in [0.15, 0.2) is 59.1 Å². The van der Waals surface area contributed by atoms with Gasteiger partial charge in [0.25, 0.3) is 5.91 Å². The van der Waals surface area contributed by atoms with E-state index in [0.717, 1.165) is 5.56 Å². The Morgan fingerprint density at radius 3 is 2.81 bits per heavy atom. The first kappa shape index (κ1) is 17.0. The summed E-state index contributed by atoms with van der Waals surface area (Å²) >= 11 is 0. The quantitative estimate of drug-likeness (QED) is 0.722. The molecule has 7 nitrogen and oxygen atoms in total. The summed E-state index contributed by atoms with van der Waals surface area (Å²) < 4.78 is 21.6. The Labute approximate surface area is 155 Å². The van der Waals surface area contributed by atoms with Crippen LogP contribution < -0.4 is 19.5 Å². The van der Waals surface area contributed by atoms with Gasteiger partial charge in [0.2, 0.25) is 6.79 Å². The van der Waals surface area contributed by atoms with Crippen LogP contribution >= 0.6 is 0 Å². The number of carbonyl (C=O) groups excluding carboxylic acids is 1. The lowest BCUT2D eigenvalue weighted by atomic mass is 10.1. The minimum atomic E-state index is -0.618. The van der Waals surface area contributed by atoms with Crippen molar-refractivity contribution in [1.29, 1.82) is 0 Å². The van der Waals surface area contributed by atoms with Crippen molar-refractivity contribution in [3.63, 3.8) is 0 Å². The SMILES string of the molecule is C[C@@H](Oc1ccccc1)C(=O)NCc1cc(-c2ccc3c(c2)OCO3)on1. The molecule has 138 valence electrons. The third-order valence-electron chi connectivity index (χ3n) is 4.09. The molecule has 0 radical (unpaired) electrons. The van der Waals surface area contributed by atoms with Crippen molar-refractivity contribution in [3.8, 4) is 28.6 Å². The highest BCUT2D eigenvalue weighted by atomic mass is 16.7. The van der Waals surface area contributed by atoms with Crippen LogP contribution in [0.1, 0.15) is 12.6 Å². The number of carbonyl (C=O) groups is 1. The number of hydrogen-bond acceptors (Lipinski definition) is 6. The summed E-state index contributed by atoms with van der Waals surface area (Å²) in [6, 6.07) is 16.5. The lowest BCUT2D eigenvalue weighted by Crippen LogP contribution is -2.35. The molecule has 3 aromatic rings. The Balaban J connectivity index is 1.35. The molecule has 4 rings (SSSR count). The van der Waals surface area contributed by atoms with Crippen molar-refractivity contribution in [2.24, 2.45) is 0 Å². The number of ether oxygens (including phenoxy) is 3. The summed E-state index contributed by atoms with van der Waals surface area (Å²) in [5, 5.41) is 6.79. The van der Waals surface area contributed by atoms with Crippen LogP contribution in [-0.4, -0.2) is 24.0 Å². The van der Waals surface area contributed by atoms with Crippen molar-refractivity contribution < 1.29 is 23.5 Å². The number of hydrogen-bond donors (Lipinski definition) is 1. The first-order chi connectivity index (χ1) is 13.2. The van der Waals surface area contributed by atoms with E-state index < -0.39 is 6.10 Å². The van der Waals surface area contributed by atoms with Crippen molar-refractivity contribution in [1.82, 2.24) is 10.5 Å². The van der Waals surface area contributed by atoms with Gasteiger partial charge in [-0.3, -0.25) is 4.79 Å². The zero-order valence-corrected chi connectivity index (χ0v) is 14.7. The maximum absolute atomic E-state index is 12.2. The third-order valence-corrected chi connectivity index (χ3v) is 4.09. The van der Waals surface area contributed by atoms with Gasteiger partial charge in [-0.2, -0.15) is 0 Å². The van der Waals surface area contributed by atoms with Gasteiger partial charge in [0.05, 0.1) is 6.54 Å². The number of nitrogens with one attached hydrogen (secondary N) is 1. The molecule has 2 heterocycles. The molecule has 0 saturated carbocycles. The van der Waals surface area contributed by atoms with Crippen LogP contribution in [0.3, 0.4) is 0 Å². The van der Waals surface area contributed by atoms with E-state index in [1.165, 1.54) is 0 Å². The van der Waals surface area contributed by atoms with Gasteiger partial charge in [-0.15, -0.1) is 0 Å². The zero-order valence-electron chi connectivity index (χ0n) is 14.7. The van der Waals surface area contributed by atoms with Gasteiger partial charge in [0.1, 0.15) is 11.4 Å². The van der Waals surface area contributed by atoms with Crippen LogP contribution in [0.5, 0.6) is 17.2 Å². The minimum Gasteiger partial charge on any atom is -0.481 e. The molecule has 1 atom stereocenters. The molecule has 0 unspecified atom stereocenters. The first-order valence-electron chi connectivity index (χ1n) is 8.54. The van der Waals surface area contributed by atoms with Gasteiger partial charge in [-0.25, -0.2) is 0 Å². The van der Waals surface area contributed by atoms with Gasteiger partial charge in [0, 0.05) is 11.6 Å². The highest BCUT2D eigenvalue weighted by Gasteiger charge is 2.17. The molecule has 1 aliphatic rings. The topological polar surface area (TPSA) is 82.8 Å². The van der Waals surface area contributed by atoms with Crippen molar-refractivity contribution in [3.05, 3.63) is 60.3 Å². The van der Waals surface area contributed by atoms with E-state index in [2.05, 4.69) is 10.5 Å². The molecule has 0 fully saturated rings. The van der Waals surface area contributed by atoms with Crippen LogP contribution in [0, 0.1) is 0 Å². The summed E-state index contributed by atoms with van der Waals surface area (Å²) in [7, 11) is 0. The van der Waals surface area contributed by atoms with Crippen molar-refractivity contribution in [2.45, 2.75) is 19.6 Å². The smallest absolute Gasteiger partial charge is 0.261 e. The van der Waals surface area contributed by atoms with E-state index >= 15 is 0 Å².